The van der Waals surface area contributed by atoms with E-state index in [4.69, 9.17) is 27.9 Å². The Labute approximate surface area is 312 Å². The zero-order valence-electron chi connectivity index (χ0n) is 29.5. The Morgan fingerprint density at radius 3 is 2.18 bits per heavy atom. The van der Waals surface area contributed by atoms with E-state index in [2.05, 4.69) is 20.9 Å². The summed E-state index contributed by atoms with van der Waals surface area (Å²) in [7, 11) is 0. The summed E-state index contributed by atoms with van der Waals surface area (Å²) in [5, 5.41) is 5.11. The van der Waals surface area contributed by atoms with Crippen molar-refractivity contribution in [3.8, 4) is 0 Å². The van der Waals surface area contributed by atoms with Gasteiger partial charge in [-0.2, -0.15) is 0 Å². The van der Waals surface area contributed by atoms with E-state index in [-0.39, 0.29) is 35.7 Å². The topological polar surface area (TPSA) is 76.6 Å². The summed E-state index contributed by atoms with van der Waals surface area (Å²) in [5.74, 6) is -0.0599. The van der Waals surface area contributed by atoms with Gasteiger partial charge in [0.2, 0.25) is 5.91 Å². The van der Waals surface area contributed by atoms with E-state index in [1.807, 2.05) is 89.6 Å². The first-order valence-corrected chi connectivity index (χ1v) is 19.1. The molecule has 0 N–H and O–H groups in total. The lowest BCUT2D eigenvalue weighted by molar-refractivity contribution is -0.145. The first kappa shape index (κ1) is 37.3. The first-order valence-electron chi connectivity index (χ1n) is 18.3. The van der Waals surface area contributed by atoms with E-state index in [1.165, 1.54) is 0 Å². The van der Waals surface area contributed by atoms with E-state index in [9.17, 15) is 14.4 Å². The molecule has 6 rings (SSSR count). The Balaban J connectivity index is 1.05. The smallest absolute Gasteiger partial charge is 0.320 e. The van der Waals surface area contributed by atoms with Crippen LogP contribution in [0.5, 0.6) is 0 Å². The van der Waals surface area contributed by atoms with Gasteiger partial charge in [-0.3, -0.25) is 19.3 Å². The number of rotatable bonds is 12. The highest BCUT2D eigenvalue weighted by atomic mass is 35.5. The number of esters is 1. The molecule has 0 aromatic heterocycles. The Morgan fingerprint density at radius 1 is 0.824 bits per heavy atom. The van der Waals surface area contributed by atoms with E-state index in [1.54, 1.807) is 0 Å². The number of carbonyl (C=O) groups excluding carboxylic acids is 3. The average molecular weight is 735 g/mol. The van der Waals surface area contributed by atoms with Crippen molar-refractivity contribution < 1.29 is 19.1 Å². The predicted octanol–water partition coefficient (Wildman–Crippen LogP) is 6.40. The fraction of sp³-hybridized carbons (Fsp3) is 0.475. The number of ether oxygens (including phenoxy) is 1. The molecule has 0 spiro atoms. The quantitative estimate of drug-likeness (QED) is 0.200. The molecule has 1 atom stereocenters. The molecule has 2 amide bonds. The van der Waals surface area contributed by atoms with Crippen LogP contribution in [-0.4, -0.2) is 110 Å². The maximum absolute atomic E-state index is 14.2. The third kappa shape index (κ3) is 9.13. The standard InChI is InChI=1S/C40H49Cl2N5O4/c1-2-51-37(48)29-44-24-26-46(27-25-44)47(34-12-7-4-8-13-34)39(50)32-16-21-43(22-17-32)20-9-18-40(33-14-15-35(41)36(42)28-33)19-23-45(30-40)38(49)31-10-5-3-6-11-31/h3-8,10-15,28,32H,2,9,16-27,29-30H2,1H3. The van der Waals surface area contributed by atoms with Gasteiger partial charge in [-0.15, -0.1) is 0 Å². The third-order valence-corrected chi connectivity index (χ3v) is 11.5. The van der Waals surface area contributed by atoms with E-state index < -0.39 is 0 Å². The number of carbonyl (C=O) groups is 3. The molecule has 3 aromatic carbocycles. The molecule has 0 bridgehead atoms. The molecule has 51 heavy (non-hydrogen) atoms. The highest BCUT2D eigenvalue weighted by molar-refractivity contribution is 6.42. The van der Waals surface area contributed by atoms with Gasteiger partial charge >= 0.3 is 5.97 Å². The largest absolute Gasteiger partial charge is 0.465 e. The van der Waals surface area contributed by atoms with Gasteiger partial charge in [0.1, 0.15) is 0 Å². The van der Waals surface area contributed by atoms with Crippen molar-refractivity contribution in [3.05, 3.63) is 100 Å². The lowest BCUT2D eigenvalue weighted by Crippen LogP contribution is -2.58. The van der Waals surface area contributed by atoms with Crippen LogP contribution in [0.1, 0.15) is 54.9 Å². The Kier molecular flexibility index (Phi) is 12.7. The van der Waals surface area contributed by atoms with Gasteiger partial charge in [0.05, 0.1) is 28.9 Å². The van der Waals surface area contributed by atoms with Gasteiger partial charge < -0.3 is 14.5 Å². The molecule has 272 valence electrons. The Morgan fingerprint density at radius 2 is 1.51 bits per heavy atom. The molecule has 3 aromatic rings. The second kappa shape index (κ2) is 17.4. The molecule has 9 nitrogen and oxygen atoms in total. The molecule has 0 saturated carbocycles. The van der Waals surface area contributed by atoms with Gasteiger partial charge in [-0.25, -0.2) is 10.0 Å². The van der Waals surface area contributed by atoms with Crippen molar-refractivity contribution in [1.29, 1.82) is 0 Å². The van der Waals surface area contributed by atoms with Crippen LogP contribution >= 0.6 is 23.2 Å². The molecule has 0 aliphatic carbocycles. The number of hydrazine groups is 1. The van der Waals surface area contributed by atoms with Gasteiger partial charge in [0.15, 0.2) is 0 Å². The lowest BCUT2D eigenvalue weighted by atomic mass is 9.76. The van der Waals surface area contributed by atoms with Gasteiger partial charge in [-0.05, 0) is 101 Å². The summed E-state index contributed by atoms with van der Waals surface area (Å²) in [6.45, 7) is 9.17. The minimum absolute atomic E-state index is 0.0611. The van der Waals surface area contributed by atoms with Crippen LogP contribution in [0, 0.1) is 5.92 Å². The summed E-state index contributed by atoms with van der Waals surface area (Å²) in [4.78, 5) is 46.2. The maximum Gasteiger partial charge on any atom is 0.320 e. The molecule has 11 heteroatoms. The molecule has 3 fully saturated rings. The van der Waals surface area contributed by atoms with Crippen molar-refractivity contribution >= 4 is 46.7 Å². The fourth-order valence-electron chi connectivity index (χ4n) is 7.92. The van der Waals surface area contributed by atoms with Crippen molar-refractivity contribution in [2.24, 2.45) is 5.92 Å². The number of piperidine rings is 1. The number of nitrogens with zero attached hydrogens (tertiary/aromatic N) is 5. The SMILES string of the molecule is CCOC(=O)CN1CCN(N(C(=O)C2CCN(CCCC3(c4ccc(Cl)c(Cl)c4)CCN(C(=O)c4ccccc4)C3)CC2)c2ccccc2)CC1. The molecule has 1 unspecified atom stereocenters. The molecule has 3 heterocycles. The molecule has 3 aliphatic heterocycles. The van der Waals surface area contributed by atoms with E-state index in [0.29, 0.717) is 61.5 Å². The fourth-order valence-corrected chi connectivity index (χ4v) is 8.22. The van der Waals surface area contributed by atoms with Crippen LogP contribution in [0.25, 0.3) is 0 Å². The number of halogens is 2. The highest BCUT2D eigenvalue weighted by Crippen LogP contribution is 2.41. The minimum Gasteiger partial charge on any atom is -0.465 e. The monoisotopic (exact) mass is 733 g/mol. The third-order valence-electron chi connectivity index (χ3n) is 10.8. The maximum atomic E-state index is 14.2. The van der Waals surface area contributed by atoms with Crippen molar-refractivity contribution in [1.82, 2.24) is 19.7 Å². The van der Waals surface area contributed by atoms with Gasteiger partial charge in [0.25, 0.3) is 5.91 Å². The van der Waals surface area contributed by atoms with E-state index >= 15 is 0 Å². The molecule has 0 radical (unpaired) electrons. The van der Waals surface area contributed by atoms with Gasteiger partial charge in [-0.1, -0.05) is 65.7 Å². The number of amides is 2. The van der Waals surface area contributed by atoms with Crippen LogP contribution in [0.2, 0.25) is 10.0 Å². The second-order valence-electron chi connectivity index (χ2n) is 14.0. The molecular weight excluding hydrogens is 685 g/mol. The number of para-hydroxylation sites is 1. The normalized spacial score (nSPS) is 20.7. The number of piperazine rings is 1. The van der Waals surface area contributed by atoms with Crippen LogP contribution in [0.4, 0.5) is 5.69 Å². The van der Waals surface area contributed by atoms with Crippen LogP contribution in [-0.2, 0) is 19.7 Å². The summed E-state index contributed by atoms with van der Waals surface area (Å²) in [6, 6.07) is 25.3. The number of benzene rings is 3. The Bertz CT molecular complexity index is 1630. The lowest BCUT2D eigenvalue weighted by Gasteiger charge is -2.43. The number of likely N-dealkylation sites (tertiary alicyclic amines) is 2. The van der Waals surface area contributed by atoms with Crippen LogP contribution < -0.4 is 5.01 Å². The summed E-state index contributed by atoms with van der Waals surface area (Å²) in [5.41, 5.74) is 2.52. The number of anilines is 1. The summed E-state index contributed by atoms with van der Waals surface area (Å²) < 4.78 is 5.14. The summed E-state index contributed by atoms with van der Waals surface area (Å²) in [6.07, 6.45) is 4.38. The first-order chi connectivity index (χ1) is 24.8. The Hall–Kier alpha value is -3.47. The zero-order valence-corrected chi connectivity index (χ0v) is 31.0. The highest BCUT2D eigenvalue weighted by Gasteiger charge is 2.42. The van der Waals surface area contributed by atoms with Crippen molar-refractivity contribution in [3.63, 3.8) is 0 Å². The molecule has 3 saturated heterocycles. The van der Waals surface area contributed by atoms with Crippen molar-refractivity contribution in [2.45, 2.75) is 44.4 Å². The molecular formula is C40H49Cl2N5O4. The molecule has 3 aliphatic rings. The van der Waals surface area contributed by atoms with Gasteiger partial charge in [0, 0.05) is 56.2 Å². The van der Waals surface area contributed by atoms with Crippen LogP contribution in [0.15, 0.2) is 78.9 Å². The number of hydrogen-bond donors (Lipinski definition) is 0. The second-order valence-corrected chi connectivity index (χ2v) is 14.8. The summed E-state index contributed by atoms with van der Waals surface area (Å²) >= 11 is 12.8. The minimum atomic E-state index is -0.207. The van der Waals surface area contributed by atoms with E-state index in [0.717, 1.165) is 63.0 Å². The predicted molar refractivity (Wildman–Crippen MR) is 202 cm³/mol. The van der Waals surface area contributed by atoms with Crippen LogP contribution in [0.3, 0.4) is 0 Å². The van der Waals surface area contributed by atoms with Crippen molar-refractivity contribution in [2.75, 3.05) is 77.1 Å². The average Bonchev–Trinajstić information content (AvgIpc) is 3.60. The number of hydrogen-bond acceptors (Lipinski definition) is 7. The zero-order chi connectivity index (χ0) is 35.8.